The number of aliphatic hydroxyl groups excluding tert-OH is 1. The van der Waals surface area contributed by atoms with Gasteiger partial charge >= 0.3 is 0 Å². The first-order valence-electron chi connectivity index (χ1n) is 6.86. The summed E-state index contributed by atoms with van der Waals surface area (Å²) >= 11 is 6.12. The van der Waals surface area contributed by atoms with Crippen molar-refractivity contribution in [2.45, 2.75) is 45.3 Å². The van der Waals surface area contributed by atoms with Crippen molar-refractivity contribution in [3.05, 3.63) is 17.0 Å². The lowest BCUT2D eigenvalue weighted by molar-refractivity contribution is -0.0423. The van der Waals surface area contributed by atoms with Crippen LogP contribution in [0.4, 0.5) is 5.82 Å². The molecule has 0 radical (unpaired) electrons. The third-order valence-electron chi connectivity index (χ3n) is 3.21. The van der Waals surface area contributed by atoms with Crippen molar-refractivity contribution >= 4 is 17.4 Å². The summed E-state index contributed by atoms with van der Waals surface area (Å²) in [7, 11) is 0. The van der Waals surface area contributed by atoms with Crippen molar-refractivity contribution in [1.29, 1.82) is 0 Å². The van der Waals surface area contributed by atoms with E-state index in [2.05, 4.69) is 35.6 Å². The molecular weight excluding hydrogens is 278 g/mol. The zero-order chi connectivity index (χ0) is 14.9. The Morgan fingerprint density at radius 2 is 2.10 bits per heavy atom. The minimum atomic E-state index is -0.189. The van der Waals surface area contributed by atoms with Crippen LogP contribution in [0.25, 0.3) is 0 Å². The van der Waals surface area contributed by atoms with Crippen LogP contribution < -0.4 is 4.90 Å². The van der Waals surface area contributed by atoms with Crippen LogP contribution in [0.3, 0.4) is 0 Å². The van der Waals surface area contributed by atoms with E-state index in [1.54, 1.807) is 6.07 Å². The van der Waals surface area contributed by atoms with Gasteiger partial charge in [0, 0.05) is 24.6 Å². The van der Waals surface area contributed by atoms with E-state index in [0.29, 0.717) is 11.7 Å². The second-order valence-corrected chi connectivity index (χ2v) is 6.67. The van der Waals surface area contributed by atoms with Crippen LogP contribution in [0.1, 0.15) is 33.5 Å². The number of anilines is 1. The van der Waals surface area contributed by atoms with Crippen LogP contribution in [-0.2, 0) is 10.2 Å². The fourth-order valence-electron chi connectivity index (χ4n) is 2.24. The molecule has 2 atom stereocenters. The Morgan fingerprint density at radius 1 is 1.40 bits per heavy atom. The molecule has 2 rings (SSSR count). The van der Waals surface area contributed by atoms with Gasteiger partial charge in [0.2, 0.25) is 0 Å². The van der Waals surface area contributed by atoms with E-state index in [9.17, 15) is 5.11 Å². The molecule has 1 aliphatic heterocycles. The molecular formula is C14H22ClN3O2. The van der Waals surface area contributed by atoms with Crippen LogP contribution >= 0.6 is 11.6 Å². The molecule has 2 unspecified atom stereocenters. The van der Waals surface area contributed by atoms with Gasteiger partial charge < -0.3 is 14.7 Å². The normalized spacial score (nSPS) is 24.0. The van der Waals surface area contributed by atoms with Gasteiger partial charge in [-0.15, -0.1) is 0 Å². The quantitative estimate of drug-likeness (QED) is 0.847. The van der Waals surface area contributed by atoms with Gasteiger partial charge in [-0.05, 0) is 6.92 Å². The lowest BCUT2D eigenvalue weighted by Gasteiger charge is -2.37. The Kier molecular flexibility index (Phi) is 4.52. The number of morpholine rings is 1. The third kappa shape index (κ3) is 3.59. The molecule has 1 saturated heterocycles. The molecule has 2 heterocycles. The molecule has 1 N–H and O–H groups in total. The second kappa shape index (κ2) is 5.84. The standard InChI is InChI=1S/C14H22ClN3O2/c1-9-6-18(7-10(8-19)20-9)12-5-11(15)16-13(17-12)14(2,3)4/h5,9-10,19H,6-8H2,1-4H3. The van der Waals surface area contributed by atoms with Gasteiger partial charge in [-0.25, -0.2) is 9.97 Å². The average Bonchev–Trinajstić information content (AvgIpc) is 2.36. The maximum atomic E-state index is 9.30. The highest BCUT2D eigenvalue weighted by Crippen LogP contribution is 2.25. The molecule has 6 heteroatoms. The molecule has 1 fully saturated rings. The Hall–Kier alpha value is -0.910. The lowest BCUT2D eigenvalue weighted by atomic mass is 9.96. The van der Waals surface area contributed by atoms with Gasteiger partial charge in [-0.1, -0.05) is 32.4 Å². The molecule has 0 spiro atoms. The number of ether oxygens (including phenoxy) is 1. The van der Waals surface area contributed by atoms with E-state index < -0.39 is 0 Å². The number of rotatable bonds is 2. The van der Waals surface area contributed by atoms with Gasteiger partial charge in [0.05, 0.1) is 18.8 Å². The van der Waals surface area contributed by atoms with Crippen LogP contribution in [0.2, 0.25) is 5.15 Å². The van der Waals surface area contributed by atoms with Gasteiger partial charge in [0.25, 0.3) is 0 Å². The van der Waals surface area contributed by atoms with Crippen LogP contribution in [0, 0.1) is 0 Å². The number of hydrogen-bond donors (Lipinski definition) is 1. The molecule has 0 aliphatic carbocycles. The van der Waals surface area contributed by atoms with Gasteiger partial charge in [-0.2, -0.15) is 0 Å². The summed E-state index contributed by atoms with van der Waals surface area (Å²) in [5.74, 6) is 1.52. The Morgan fingerprint density at radius 3 is 2.70 bits per heavy atom. The largest absolute Gasteiger partial charge is 0.394 e. The van der Waals surface area contributed by atoms with Crippen LogP contribution in [0.15, 0.2) is 6.07 Å². The van der Waals surface area contributed by atoms with Gasteiger partial charge in [-0.3, -0.25) is 0 Å². The fourth-order valence-corrected chi connectivity index (χ4v) is 2.41. The minimum Gasteiger partial charge on any atom is -0.394 e. The lowest BCUT2D eigenvalue weighted by Crippen LogP contribution is -2.48. The fraction of sp³-hybridized carbons (Fsp3) is 0.714. The molecule has 112 valence electrons. The third-order valence-corrected chi connectivity index (χ3v) is 3.40. The van der Waals surface area contributed by atoms with E-state index >= 15 is 0 Å². The zero-order valence-corrected chi connectivity index (χ0v) is 13.2. The number of nitrogens with zero attached hydrogens (tertiary/aromatic N) is 3. The van der Waals surface area contributed by atoms with E-state index in [0.717, 1.165) is 18.2 Å². The van der Waals surface area contributed by atoms with E-state index in [-0.39, 0.29) is 24.2 Å². The summed E-state index contributed by atoms with van der Waals surface area (Å²) in [6, 6.07) is 1.77. The van der Waals surface area contributed by atoms with Gasteiger partial charge in [0.15, 0.2) is 0 Å². The maximum Gasteiger partial charge on any atom is 0.137 e. The molecule has 0 aromatic carbocycles. The number of aliphatic hydroxyl groups is 1. The summed E-state index contributed by atoms with van der Waals surface area (Å²) in [6.45, 7) is 9.50. The zero-order valence-electron chi connectivity index (χ0n) is 12.4. The number of halogens is 1. The van der Waals surface area contributed by atoms with E-state index in [1.165, 1.54) is 0 Å². The smallest absolute Gasteiger partial charge is 0.137 e. The van der Waals surface area contributed by atoms with Crippen molar-refractivity contribution in [3.63, 3.8) is 0 Å². The minimum absolute atomic E-state index is 0.00574. The van der Waals surface area contributed by atoms with Crippen molar-refractivity contribution in [2.75, 3.05) is 24.6 Å². The topological polar surface area (TPSA) is 58.5 Å². The second-order valence-electron chi connectivity index (χ2n) is 6.28. The van der Waals surface area contributed by atoms with Crippen molar-refractivity contribution in [2.24, 2.45) is 0 Å². The van der Waals surface area contributed by atoms with Crippen molar-refractivity contribution < 1.29 is 9.84 Å². The molecule has 20 heavy (non-hydrogen) atoms. The number of hydrogen-bond acceptors (Lipinski definition) is 5. The molecule has 0 bridgehead atoms. The Balaban J connectivity index is 2.30. The molecule has 1 aliphatic rings. The van der Waals surface area contributed by atoms with Gasteiger partial charge in [0.1, 0.15) is 16.8 Å². The summed E-state index contributed by atoms with van der Waals surface area (Å²) < 4.78 is 5.65. The summed E-state index contributed by atoms with van der Waals surface area (Å²) in [6.07, 6.45) is -0.140. The van der Waals surface area contributed by atoms with E-state index in [1.807, 2.05) is 6.92 Å². The van der Waals surface area contributed by atoms with Crippen molar-refractivity contribution in [1.82, 2.24) is 9.97 Å². The Bertz CT molecular complexity index is 476. The SMILES string of the molecule is CC1CN(c2cc(Cl)nc(C(C)(C)C)n2)CC(CO)O1. The predicted octanol–water partition coefficient (Wildman–Crippen LogP) is 2.01. The summed E-state index contributed by atoms with van der Waals surface area (Å²) in [5, 5.41) is 9.75. The molecule has 1 aromatic rings. The highest BCUT2D eigenvalue weighted by molar-refractivity contribution is 6.29. The van der Waals surface area contributed by atoms with Crippen molar-refractivity contribution in [3.8, 4) is 0 Å². The first-order chi connectivity index (χ1) is 9.29. The highest BCUT2D eigenvalue weighted by Gasteiger charge is 2.27. The number of aromatic nitrogens is 2. The maximum absolute atomic E-state index is 9.30. The first kappa shape index (κ1) is 15.5. The van der Waals surface area contributed by atoms with Crippen LogP contribution in [0.5, 0.6) is 0 Å². The first-order valence-corrected chi connectivity index (χ1v) is 7.23. The monoisotopic (exact) mass is 299 g/mol. The van der Waals surface area contributed by atoms with Crippen LogP contribution in [-0.4, -0.2) is 47.0 Å². The highest BCUT2D eigenvalue weighted by atomic mass is 35.5. The molecule has 0 saturated carbocycles. The molecule has 5 nitrogen and oxygen atoms in total. The average molecular weight is 300 g/mol. The molecule has 1 aromatic heterocycles. The predicted molar refractivity (Wildman–Crippen MR) is 79.4 cm³/mol. The Labute approximate surface area is 124 Å². The summed E-state index contributed by atoms with van der Waals surface area (Å²) in [4.78, 5) is 11.0. The molecule has 0 amide bonds. The summed E-state index contributed by atoms with van der Waals surface area (Å²) in [5.41, 5.74) is -0.159. The van der Waals surface area contributed by atoms with E-state index in [4.69, 9.17) is 16.3 Å².